The molecule has 1 amide bonds. The molecule has 2 aliphatic rings. The number of hydroxylamine groups is 1. The van der Waals surface area contributed by atoms with Crippen LogP contribution in [0.15, 0.2) is 54.1 Å². The van der Waals surface area contributed by atoms with Crippen LogP contribution in [0.1, 0.15) is 36.1 Å². The summed E-state index contributed by atoms with van der Waals surface area (Å²) in [6.45, 7) is 8.63. The third-order valence-electron chi connectivity index (χ3n) is 6.11. The van der Waals surface area contributed by atoms with E-state index < -0.39 is 5.91 Å². The van der Waals surface area contributed by atoms with Crippen molar-refractivity contribution in [3.63, 3.8) is 0 Å². The van der Waals surface area contributed by atoms with Crippen molar-refractivity contribution in [3.8, 4) is 0 Å². The second-order valence-corrected chi connectivity index (χ2v) is 8.37. The fourth-order valence-electron chi connectivity index (χ4n) is 4.66. The Bertz CT molecular complexity index is 898. The molecule has 5 nitrogen and oxygen atoms in total. The topological polar surface area (TPSA) is 55.8 Å². The van der Waals surface area contributed by atoms with Crippen LogP contribution in [-0.4, -0.2) is 46.1 Å². The Labute approximate surface area is 172 Å². The van der Waals surface area contributed by atoms with Crippen LogP contribution in [0.25, 0.3) is 6.08 Å². The lowest BCUT2D eigenvalue weighted by atomic mass is 10.0. The van der Waals surface area contributed by atoms with E-state index in [0.717, 1.165) is 37.3 Å². The Morgan fingerprint density at radius 3 is 2.45 bits per heavy atom. The molecule has 5 heteroatoms. The fraction of sp³-hybridized carbons (Fsp3) is 0.375. The third-order valence-corrected chi connectivity index (χ3v) is 6.11. The Balaban J connectivity index is 1.40. The van der Waals surface area contributed by atoms with Crippen molar-refractivity contribution in [1.29, 1.82) is 0 Å². The van der Waals surface area contributed by atoms with Gasteiger partial charge in [0.05, 0.1) is 0 Å². The van der Waals surface area contributed by atoms with Gasteiger partial charge in [0.15, 0.2) is 0 Å². The van der Waals surface area contributed by atoms with Crippen LogP contribution < -0.4 is 5.48 Å². The average molecular weight is 392 g/mol. The molecule has 152 valence electrons. The van der Waals surface area contributed by atoms with E-state index in [1.165, 1.54) is 11.1 Å². The predicted octanol–water partition coefficient (Wildman–Crippen LogP) is 3.23. The van der Waals surface area contributed by atoms with Crippen LogP contribution in [0, 0.1) is 0 Å². The van der Waals surface area contributed by atoms with Gasteiger partial charge in [-0.3, -0.25) is 19.8 Å². The lowest BCUT2D eigenvalue weighted by Crippen LogP contribution is -2.55. The number of nitrogens with one attached hydrogen (secondary N) is 1. The third kappa shape index (κ3) is 4.42. The highest BCUT2D eigenvalue weighted by atomic mass is 16.5. The van der Waals surface area contributed by atoms with Gasteiger partial charge >= 0.3 is 0 Å². The van der Waals surface area contributed by atoms with Crippen molar-refractivity contribution in [2.75, 3.05) is 13.1 Å². The molecule has 4 rings (SSSR count). The van der Waals surface area contributed by atoms with Crippen LogP contribution in [0.4, 0.5) is 0 Å². The van der Waals surface area contributed by atoms with Crippen LogP contribution >= 0.6 is 0 Å². The number of amides is 1. The molecule has 2 N–H and O–H groups in total. The molecule has 1 heterocycles. The van der Waals surface area contributed by atoms with Gasteiger partial charge in [0.25, 0.3) is 5.91 Å². The number of benzene rings is 2. The lowest BCUT2D eigenvalue weighted by Gasteiger charge is -2.44. The van der Waals surface area contributed by atoms with E-state index >= 15 is 0 Å². The minimum Gasteiger partial charge on any atom is -0.296 e. The summed E-state index contributed by atoms with van der Waals surface area (Å²) in [6.07, 6.45) is 2.46. The monoisotopic (exact) mass is 391 g/mol. The molecule has 0 unspecified atom stereocenters. The Morgan fingerprint density at radius 2 is 1.76 bits per heavy atom. The van der Waals surface area contributed by atoms with Crippen molar-refractivity contribution in [1.82, 2.24) is 15.3 Å². The standard InChI is InChI=1S/C24H29N3O2/c1-17-13-26(14-18(2)27(17)16-19-6-4-3-5-7-19)15-20-8-9-21-11-23(24(28)25-29)12-22(21)10-20/h3-10,12,17-18,29H,11,13-16H2,1-2H3,(H,25,28)/t17-,18+. The summed E-state index contributed by atoms with van der Waals surface area (Å²) < 4.78 is 0. The first-order chi connectivity index (χ1) is 14.0. The van der Waals surface area contributed by atoms with Gasteiger partial charge in [-0.05, 0) is 42.2 Å². The molecule has 2 aromatic rings. The maximum absolute atomic E-state index is 11.7. The van der Waals surface area contributed by atoms with Crippen molar-refractivity contribution in [2.45, 2.75) is 45.4 Å². The first-order valence-corrected chi connectivity index (χ1v) is 10.3. The van der Waals surface area contributed by atoms with Crippen LogP contribution in [0.5, 0.6) is 0 Å². The molecule has 2 atom stereocenters. The highest BCUT2D eigenvalue weighted by Gasteiger charge is 2.29. The number of piperazine rings is 1. The maximum atomic E-state index is 11.7. The SMILES string of the molecule is C[C@@H]1CN(Cc2ccc3c(c2)C=C(C(=O)NO)C3)C[C@H](C)N1Cc1ccccc1. The van der Waals surface area contributed by atoms with Gasteiger partial charge < -0.3 is 0 Å². The van der Waals surface area contributed by atoms with E-state index in [9.17, 15) is 4.79 Å². The Hall–Kier alpha value is -2.47. The van der Waals surface area contributed by atoms with Crippen molar-refractivity contribution in [3.05, 3.63) is 76.4 Å². The molecule has 2 aromatic carbocycles. The summed E-state index contributed by atoms with van der Waals surface area (Å²) in [6, 6.07) is 18.1. The average Bonchev–Trinajstić information content (AvgIpc) is 3.14. The molecule has 1 aliphatic heterocycles. The van der Waals surface area contributed by atoms with E-state index in [1.807, 2.05) is 6.08 Å². The van der Waals surface area contributed by atoms with Crippen molar-refractivity contribution in [2.24, 2.45) is 0 Å². The minimum atomic E-state index is -0.417. The fourth-order valence-corrected chi connectivity index (χ4v) is 4.66. The van der Waals surface area contributed by atoms with Gasteiger partial charge in [-0.25, -0.2) is 5.48 Å². The zero-order valence-electron chi connectivity index (χ0n) is 17.1. The molecule has 0 radical (unpaired) electrons. The normalized spacial score (nSPS) is 22.2. The molecular weight excluding hydrogens is 362 g/mol. The number of carbonyl (C=O) groups excluding carboxylic acids is 1. The summed E-state index contributed by atoms with van der Waals surface area (Å²) in [5, 5.41) is 8.86. The van der Waals surface area contributed by atoms with Gasteiger partial charge in [-0.2, -0.15) is 0 Å². The molecule has 0 saturated carbocycles. The Kier molecular flexibility index (Phi) is 5.81. The molecule has 1 fully saturated rings. The summed E-state index contributed by atoms with van der Waals surface area (Å²) in [5.41, 5.74) is 7.20. The first-order valence-electron chi connectivity index (χ1n) is 10.3. The quantitative estimate of drug-likeness (QED) is 0.607. The highest BCUT2D eigenvalue weighted by molar-refractivity contribution is 5.99. The zero-order valence-corrected chi connectivity index (χ0v) is 17.1. The van der Waals surface area contributed by atoms with E-state index in [4.69, 9.17) is 5.21 Å². The number of carbonyl (C=O) groups is 1. The van der Waals surface area contributed by atoms with E-state index in [2.05, 4.69) is 72.2 Å². The summed E-state index contributed by atoms with van der Waals surface area (Å²) >= 11 is 0. The molecule has 0 spiro atoms. The molecule has 1 saturated heterocycles. The summed E-state index contributed by atoms with van der Waals surface area (Å²) in [7, 11) is 0. The molecule has 1 aliphatic carbocycles. The van der Waals surface area contributed by atoms with Crippen LogP contribution in [0.2, 0.25) is 0 Å². The second-order valence-electron chi connectivity index (χ2n) is 8.37. The lowest BCUT2D eigenvalue weighted by molar-refractivity contribution is -0.125. The summed E-state index contributed by atoms with van der Waals surface area (Å²) in [4.78, 5) is 16.8. The number of hydrogen-bond donors (Lipinski definition) is 2. The maximum Gasteiger partial charge on any atom is 0.270 e. The van der Waals surface area contributed by atoms with Gasteiger partial charge in [0.1, 0.15) is 0 Å². The highest BCUT2D eigenvalue weighted by Crippen LogP contribution is 2.27. The van der Waals surface area contributed by atoms with Gasteiger partial charge in [-0.15, -0.1) is 0 Å². The van der Waals surface area contributed by atoms with E-state index in [-0.39, 0.29) is 0 Å². The smallest absolute Gasteiger partial charge is 0.270 e. The molecule has 0 aromatic heterocycles. The predicted molar refractivity (Wildman–Crippen MR) is 114 cm³/mol. The number of hydrogen-bond acceptors (Lipinski definition) is 4. The molecule has 0 bridgehead atoms. The van der Waals surface area contributed by atoms with Crippen LogP contribution in [-0.2, 0) is 24.3 Å². The summed E-state index contributed by atoms with van der Waals surface area (Å²) in [5.74, 6) is -0.417. The second kappa shape index (κ2) is 8.49. The Morgan fingerprint density at radius 1 is 1.03 bits per heavy atom. The van der Waals surface area contributed by atoms with Gasteiger partial charge in [0, 0.05) is 50.3 Å². The van der Waals surface area contributed by atoms with E-state index in [1.54, 1.807) is 5.48 Å². The van der Waals surface area contributed by atoms with Gasteiger partial charge in [-0.1, -0.05) is 48.5 Å². The number of fused-ring (bicyclic) bond motifs is 1. The van der Waals surface area contributed by atoms with Crippen molar-refractivity contribution >= 4 is 12.0 Å². The number of nitrogens with zero attached hydrogens (tertiary/aromatic N) is 2. The molecule has 29 heavy (non-hydrogen) atoms. The van der Waals surface area contributed by atoms with Gasteiger partial charge in [0.2, 0.25) is 0 Å². The first kappa shape index (κ1) is 19.8. The van der Waals surface area contributed by atoms with Crippen molar-refractivity contribution < 1.29 is 10.0 Å². The number of rotatable bonds is 5. The van der Waals surface area contributed by atoms with E-state index in [0.29, 0.717) is 24.1 Å². The largest absolute Gasteiger partial charge is 0.296 e. The minimum absolute atomic E-state index is 0.417. The molecular formula is C24H29N3O2. The van der Waals surface area contributed by atoms with Crippen LogP contribution in [0.3, 0.4) is 0 Å². The zero-order chi connectivity index (χ0) is 20.4.